The molecule has 1 N–H and O–H groups in total. The number of rotatable bonds is 5. The molecule has 0 bridgehead atoms. The molecule has 1 fully saturated rings. The second-order valence-electron chi connectivity index (χ2n) is 6.67. The van der Waals surface area contributed by atoms with E-state index in [1.54, 1.807) is 36.8 Å². The van der Waals surface area contributed by atoms with Crippen molar-refractivity contribution in [3.63, 3.8) is 0 Å². The van der Waals surface area contributed by atoms with Gasteiger partial charge in [-0.2, -0.15) is 0 Å². The Morgan fingerprint density at radius 3 is 2.59 bits per heavy atom. The van der Waals surface area contributed by atoms with Crippen LogP contribution < -0.4 is 4.72 Å². The molecule has 0 spiro atoms. The molecule has 1 saturated heterocycles. The highest BCUT2D eigenvalue weighted by atomic mass is 32.2. The maximum absolute atomic E-state index is 13.3. The number of aromatic nitrogens is 2. The van der Waals surface area contributed by atoms with Gasteiger partial charge >= 0.3 is 0 Å². The third-order valence-corrected chi connectivity index (χ3v) is 6.42. The Bertz CT molecular complexity index is 1010. The monoisotopic (exact) mass is 383 g/mol. The SMILES string of the molecule is O=S(=O)(NC(c1cccnc1)C1CCOCC1)c1cccc2cccnc12. The van der Waals surface area contributed by atoms with E-state index in [4.69, 9.17) is 4.74 Å². The molecule has 0 saturated carbocycles. The summed E-state index contributed by atoms with van der Waals surface area (Å²) in [6.45, 7) is 1.28. The molecule has 1 aliphatic rings. The first kappa shape index (κ1) is 18.0. The predicted octanol–water partition coefficient (Wildman–Crippen LogP) is 3.08. The van der Waals surface area contributed by atoms with E-state index in [0.29, 0.717) is 18.7 Å². The number of hydrogen-bond donors (Lipinski definition) is 1. The Hall–Kier alpha value is -2.35. The zero-order valence-corrected chi connectivity index (χ0v) is 15.6. The first-order valence-electron chi connectivity index (χ1n) is 8.99. The third-order valence-electron chi connectivity index (χ3n) is 4.95. The summed E-state index contributed by atoms with van der Waals surface area (Å²) in [6.07, 6.45) is 6.63. The summed E-state index contributed by atoms with van der Waals surface area (Å²) in [7, 11) is -3.76. The molecule has 4 rings (SSSR count). The standard InChI is InChI=1S/C20H21N3O3S/c24-27(25,18-7-1-4-15-5-3-11-22-20(15)18)23-19(16-8-12-26-13-9-16)17-6-2-10-21-14-17/h1-7,10-11,14,16,19,23H,8-9,12-13H2. The summed E-state index contributed by atoms with van der Waals surface area (Å²) < 4.78 is 34.9. The fraction of sp³-hybridized carbons (Fsp3) is 0.300. The Morgan fingerprint density at radius 1 is 1.04 bits per heavy atom. The van der Waals surface area contributed by atoms with Crippen LogP contribution in [0.25, 0.3) is 10.9 Å². The van der Waals surface area contributed by atoms with Crippen molar-refractivity contribution in [2.24, 2.45) is 5.92 Å². The molecule has 1 atom stereocenters. The Morgan fingerprint density at radius 2 is 1.81 bits per heavy atom. The molecule has 0 radical (unpaired) electrons. The van der Waals surface area contributed by atoms with Crippen molar-refractivity contribution in [1.82, 2.24) is 14.7 Å². The van der Waals surface area contributed by atoms with Crippen molar-refractivity contribution >= 4 is 20.9 Å². The van der Waals surface area contributed by atoms with E-state index >= 15 is 0 Å². The average molecular weight is 383 g/mol. The Labute approximate surface area is 158 Å². The second-order valence-corrected chi connectivity index (χ2v) is 8.35. The smallest absolute Gasteiger partial charge is 0.243 e. The van der Waals surface area contributed by atoms with Crippen LogP contribution >= 0.6 is 0 Å². The molecular formula is C20H21N3O3S. The van der Waals surface area contributed by atoms with Crippen LogP contribution in [0.4, 0.5) is 0 Å². The van der Waals surface area contributed by atoms with Gasteiger partial charge in [0.1, 0.15) is 4.90 Å². The van der Waals surface area contributed by atoms with Gasteiger partial charge in [0.05, 0.1) is 11.6 Å². The highest BCUT2D eigenvalue weighted by Gasteiger charge is 2.31. The molecule has 140 valence electrons. The number of para-hydroxylation sites is 1. The van der Waals surface area contributed by atoms with Gasteiger partial charge in [-0.25, -0.2) is 13.1 Å². The zero-order valence-electron chi connectivity index (χ0n) is 14.8. The van der Waals surface area contributed by atoms with E-state index in [0.717, 1.165) is 23.8 Å². The minimum atomic E-state index is -3.76. The molecular weight excluding hydrogens is 362 g/mol. The summed E-state index contributed by atoms with van der Waals surface area (Å²) in [5, 5.41) is 0.796. The fourth-order valence-electron chi connectivity index (χ4n) is 3.57. The summed E-state index contributed by atoms with van der Waals surface area (Å²) in [5.74, 6) is 0.153. The first-order chi connectivity index (χ1) is 13.1. The van der Waals surface area contributed by atoms with Crippen LogP contribution in [0.1, 0.15) is 24.4 Å². The molecule has 0 aliphatic carbocycles. The van der Waals surface area contributed by atoms with Gasteiger partial charge in [0.25, 0.3) is 0 Å². The summed E-state index contributed by atoms with van der Waals surface area (Å²) >= 11 is 0. The average Bonchev–Trinajstić information content (AvgIpc) is 2.73. The second kappa shape index (κ2) is 7.72. The number of fused-ring (bicyclic) bond motifs is 1. The van der Waals surface area contributed by atoms with Gasteiger partial charge in [0.15, 0.2) is 0 Å². The van der Waals surface area contributed by atoms with Crippen LogP contribution in [-0.4, -0.2) is 31.6 Å². The van der Waals surface area contributed by atoms with E-state index in [-0.39, 0.29) is 16.9 Å². The molecule has 1 aliphatic heterocycles. The lowest BCUT2D eigenvalue weighted by Crippen LogP contribution is -2.36. The fourth-order valence-corrected chi connectivity index (χ4v) is 5.04. The first-order valence-corrected chi connectivity index (χ1v) is 10.5. The Kier molecular flexibility index (Phi) is 5.15. The highest BCUT2D eigenvalue weighted by molar-refractivity contribution is 7.89. The minimum absolute atomic E-state index is 0.153. The maximum Gasteiger partial charge on any atom is 0.243 e. The van der Waals surface area contributed by atoms with Gasteiger partial charge in [0.2, 0.25) is 10.0 Å². The number of nitrogens with zero attached hydrogens (tertiary/aromatic N) is 2. The van der Waals surface area contributed by atoms with Crippen LogP contribution in [0.3, 0.4) is 0 Å². The normalized spacial score (nSPS) is 17.0. The van der Waals surface area contributed by atoms with Crippen molar-refractivity contribution in [1.29, 1.82) is 0 Å². The van der Waals surface area contributed by atoms with Crippen LogP contribution in [0.15, 0.2) is 66.0 Å². The lowest BCUT2D eigenvalue weighted by atomic mass is 9.88. The molecule has 3 aromatic rings. The van der Waals surface area contributed by atoms with E-state index in [1.807, 2.05) is 24.3 Å². The summed E-state index contributed by atoms with van der Waals surface area (Å²) in [4.78, 5) is 8.66. The predicted molar refractivity (Wildman–Crippen MR) is 103 cm³/mol. The van der Waals surface area contributed by atoms with Gasteiger partial charge in [-0.05, 0) is 42.5 Å². The van der Waals surface area contributed by atoms with Crippen molar-refractivity contribution in [3.8, 4) is 0 Å². The number of ether oxygens (including phenoxy) is 1. The van der Waals surface area contributed by atoms with Gasteiger partial charge in [-0.3, -0.25) is 9.97 Å². The van der Waals surface area contributed by atoms with Gasteiger partial charge in [0, 0.05) is 37.2 Å². The van der Waals surface area contributed by atoms with Crippen LogP contribution in [0.2, 0.25) is 0 Å². The van der Waals surface area contributed by atoms with Crippen molar-refractivity contribution in [2.45, 2.75) is 23.8 Å². The van der Waals surface area contributed by atoms with Crippen molar-refractivity contribution in [3.05, 3.63) is 66.6 Å². The topological polar surface area (TPSA) is 81.2 Å². The number of sulfonamides is 1. The van der Waals surface area contributed by atoms with E-state index in [2.05, 4.69) is 14.7 Å². The molecule has 3 heterocycles. The lowest BCUT2D eigenvalue weighted by molar-refractivity contribution is 0.0564. The Balaban J connectivity index is 1.73. The van der Waals surface area contributed by atoms with E-state index in [9.17, 15) is 8.42 Å². The molecule has 7 heteroatoms. The molecule has 27 heavy (non-hydrogen) atoms. The van der Waals surface area contributed by atoms with Crippen LogP contribution in [0.5, 0.6) is 0 Å². The number of hydrogen-bond acceptors (Lipinski definition) is 5. The summed E-state index contributed by atoms with van der Waals surface area (Å²) in [6, 6.07) is 12.2. The quantitative estimate of drug-likeness (QED) is 0.732. The van der Waals surface area contributed by atoms with E-state index < -0.39 is 10.0 Å². The van der Waals surface area contributed by atoms with Gasteiger partial charge < -0.3 is 4.74 Å². The van der Waals surface area contributed by atoms with E-state index in [1.165, 1.54) is 0 Å². The number of benzene rings is 1. The molecule has 0 amide bonds. The van der Waals surface area contributed by atoms with Crippen molar-refractivity contribution < 1.29 is 13.2 Å². The van der Waals surface area contributed by atoms with Gasteiger partial charge in [-0.1, -0.05) is 24.3 Å². The number of nitrogens with one attached hydrogen (secondary N) is 1. The summed E-state index contributed by atoms with van der Waals surface area (Å²) in [5.41, 5.74) is 1.34. The molecule has 1 aromatic carbocycles. The highest BCUT2D eigenvalue weighted by Crippen LogP contribution is 2.32. The van der Waals surface area contributed by atoms with Gasteiger partial charge in [-0.15, -0.1) is 0 Å². The lowest BCUT2D eigenvalue weighted by Gasteiger charge is -2.31. The molecule has 6 nitrogen and oxygen atoms in total. The van der Waals surface area contributed by atoms with Crippen LogP contribution in [0, 0.1) is 5.92 Å². The maximum atomic E-state index is 13.3. The molecule has 2 aromatic heterocycles. The molecule has 1 unspecified atom stereocenters. The third kappa shape index (κ3) is 3.85. The minimum Gasteiger partial charge on any atom is -0.381 e. The van der Waals surface area contributed by atoms with Crippen molar-refractivity contribution in [2.75, 3.05) is 13.2 Å². The number of pyridine rings is 2. The largest absolute Gasteiger partial charge is 0.381 e. The zero-order chi connectivity index (χ0) is 18.7. The van der Waals surface area contributed by atoms with Crippen LogP contribution in [-0.2, 0) is 14.8 Å².